The highest BCUT2D eigenvalue weighted by molar-refractivity contribution is 6.06. The van der Waals surface area contributed by atoms with E-state index in [1.165, 1.54) is 11.1 Å². The Morgan fingerprint density at radius 3 is 2.45 bits per heavy atom. The van der Waals surface area contributed by atoms with E-state index in [9.17, 15) is 4.79 Å². The fourth-order valence-corrected chi connectivity index (χ4v) is 3.88. The van der Waals surface area contributed by atoms with Gasteiger partial charge in [0.25, 0.3) is 5.91 Å². The average Bonchev–Trinajstić information content (AvgIpc) is 3.12. The fourth-order valence-electron chi connectivity index (χ4n) is 3.88. The summed E-state index contributed by atoms with van der Waals surface area (Å²) in [5, 5.41) is 8.60. The molecule has 0 aliphatic heterocycles. The number of hydrogen-bond donors (Lipinski definition) is 1. The Hall–Kier alpha value is -3.47. The van der Waals surface area contributed by atoms with Gasteiger partial charge in [0.1, 0.15) is 0 Å². The van der Waals surface area contributed by atoms with Gasteiger partial charge in [0.15, 0.2) is 5.65 Å². The third-order valence-corrected chi connectivity index (χ3v) is 5.55. The predicted octanol–water partition coefficient (Wildman–Crippen LogP) is 4.96. The predicted molar refractivity (Wildman–Crippen MR) is 125 cm³/mol. The van der Waals surface area contributed by atoms with Crippen molar-refractivity contribution >= 4 is 16.9 Å². The number of nitrogens with one attached hydrogen (secondary N) is 1. The molecule has 0 fully saturated rings. The maximum absolute atomic E-state index is 13.0. The summed E-state index contributed by atoms with van der Waals surface area (Å²) in [6, 6.07) is 20.5. The van der Waals surface area contributed by atoms with Gasteiger partial charge in [0.05, 0.1) is 22.3 Å². The number of nitrogens with zero attached hydrogens (tertiary/aromatic N) is 3. The molecule has 1 N–H and O–H groups in total. The molecule has 2 heterocycles. The summed E-state index contributed by atoms with van der Waals surface area (Å²) in [5.74, 6) is -0.0763. The zero-order valence-electron chi connectivity index (χ0n) is 18.4. The zero-order valence-corrected chi connectivity index (χ0v) is 18.4. The van der Waals surface area contributed by atoms with Crippen molar-refractivity contribution in [2.24, 2.45) is 0 Å². The summed E-state index contributed by atoms with van der Waals surface area (Å²) in [6.07, 6.45) is 2.83. The number of fused-ring (bicyclic) bond motifs is 1. The van der Waals surface area contributed by atoms with E-state index in [0.29, 0.717) is 12.1 Å². The third-order valence-electron chi connectivity index (χ3n) is 5.55. The van der Waals surface area contributed by atoms with E-state index >= 15 is 0 Å². The molecule has 0 unspecified atom stereocenters. The van der Waals surface area contributed by atoms with Crippen molar-refractivity contribution in [3.8, 4) is 5.69 Å². The van der Waals surface area contributed by atoms with Gasteiger partial charge in [-0.25, -0.2) is 9.67 Å². The molecular weight excluding hydrogens is 384 g/mol. The normalized spacial score (nSPS) is 11.1. The van der Waals surface area contributed by atoms with Crippen LogP contribution in [0.4, 0.5) is 0 Å². The van der Waals surface area contributed by atoms with Crippen LogP contribution >= 0.6 is 0 Å². The molecule has 31 heavy (non-hydrogen) atoms. The Morgan fingerprint density at radius 1 is 1.00 bits per heavy atom. The molecule has 0 aliphatic rings. The Labute approximate surface area is 183 Å². The van der Waals surface area contributed by atoms with E-state index in [1.807, 2.05) is 42.8 Å². The maximum atomic E-state index is 13.0. The Kier molecular flexibility index (Phi) is 6.12. The maximum Gasteiger partial charge on any atom is 0.252 e. The molecule has 4 aromatic rings. The van der Waals surface area contributed by atoms with Crippen LogP contribution in [0.3, 0.4) is 0 Å². The zero-order chi connectivity index (χ0) is 21.8. The standard InChI is InChI=1S/C26H28N4O/c1-4-20-12-14-22(15-13-20)30-25-24(19(3)29-30)23(17-18(2)28-25)26(31)27-16-8-11-21-9-6-5-7-10-21/h5-7,9-10,12-15,17H,4,8,11,16H2,1-3H3,(H,27,31). The number of benzene rings is 2. The molecule has 2 aromatic carbocycles. The summed E-state index contributed by atoms with van der Waals surface area (Å²) < 4.78 is 1.84. The van der Waals surface area contributed by atoms with E-state index in [-0.39, 0.29) is 5.91 Å². The van der Waals surface area contributed by atoms with Crippen LogP contribution in [0, 0.1) is 13.8 Å². The van der Waals surface area contributed by atoms with Gasteiger partial charge in [-0.3, -0.25) is 4.79 Å². The molecule has 0 saturated carbocycles. The molecular formula is C26H28N4O. The van der Waals surface area contributed by atoms with Gasteiger partial charge in [-0.05, 0) is 62.4 Å². The minimum Gasteiger partial charge on any atom is -0.352 e. The highest BCUT2D eigenvalue weighted by atomic mass is 16.1. The number of aromatic nitrogens is 3. The molecule has 0 spiro atoms. The Balaban J connectivity index is 1.57. The van der Waals surface area contributed by atoms with Crippen LogP contribution < -0.4 is 5.32 Å². The van der Waals surface area contributed by atoms with Crippen molar-refractivity contribution < 1.29 is 4.79 Å². The van der Waals surface area contributed by atoms with E-state index in [4.69, 9.17) is 10.1 Å². The topological polar surface area (TPSA) is 59.8 Å². The lowest BCUT2D eigenvalue weighted by molar-refractivity contribution is 0.0954. The number of amides is 1. The van der Waals surface area contributed by atoms with Crippen molar-refractivity contribution in [3.63, 3.8) is 0 Å². The average molecular weight is 413 g/mol. The second kappa shape index (κ2) is 9.13. The number of pyridine rings is 1. The number of aryl methyl sites for hydroxylation is 4. The van der Waals surface area contributed by atoms with Crippen LogP contribution in [-0.2, 0) is 12.8 Å². The summed E-state index contributed by atoms with van der Waals surface area (Å²) in [4.78, 5) is 17.7. The van der Waals surface area contributed by atoms with Gasteiger partial charge in [-0.1, -0.05) is 49.4 Å². The summed E-state index contributed by atoms with van der Waals surface area (Å²) in [5.41, 5.74) is 6.46. The SMILES string of the molecule is CCc1ccc(-n2nc(C)c3c(C(=O)NCCCc4ccccc4)cc(C)nc32)cc1. The first kappa shape index (κ1) is 20.8. The second-order valence-electron chi connectivity index (χ2n) is 7.87. The minimum absolute atomic E-state index is 0.0763. The van der Waals surface area contributed by atoms with Gasteiger partial charge >= 0.3 is 0 Å². The number of hydrogen-bond acceptors (Lipinski definition) is 3. The Bertz CT molecular complexity index is 1190. The second-order valence-corrected chi connectivity index (χ2v) is 7.87. The van der Waals surface area contributed by atoms with Crippen LogP contribution in [0.5, 0.6) is 0 Å². The molecule has 158 valence electrons. The quantitative estimate of drug-likeness (QED) is 0.436. The first-order chi connectivity index (χ1) is 15.1. The van der Waals surface area contributed by atoms with Crippen molar-refractivity contribution in [2.75, 3.05) is 6.54 Å². The van der Waals surface area contributed by atoms with Gasteiger partial charge in [0.2, 0.25) is 0 Å². The summed E-state index contributed by atoms with van der Waals surface area (Å²) in [6.45, 7) is 6.61. The fraction of sp³-hybridized carbons (Fsp3) is 0.269. The molecule has 5 nitrogen and oxygen atoms in total. The molecule has 0 bridgehead atoms. The highest BCUT2D eigenvalue weighted by Crippen LogP contribution is 2.25. The highest BCUT2D eigenvalue weighted by Gasteiger charge is 2.19. The summed E-state index contributed by atoms with van der Waals surface area (Å²) in [7, 11) is 0. The lowest BCUT2D eigenvalue weighted by Gasteiger charge is -2.09. The first-order valence-corrected chi connectivity index (χ1v) is 10.8. The van der Waals surface area contributed by atoms with E-state index in [2.05, 4.69) is 48.6 Å². The molecule has 0 aliphatic carbocycles. The number of carbonyl (C=O) groups excluding carboxylic acids is 1. The van der Waals surface area contributed by atoms with E-state index in [1.54, 1.807) is 0 Å². The van der Waals surface area contributed by atoms with Crippen molar-refractivity contribution in [1.82, 2.24) is 20.1 Å². The van der Waals surface area contributed by atoms with Gasteiger partial charge in [-0.15, -0.1) is 0 Å². The first-order valence-electron chi connectivity index (χ1n) is 10.8. The molecule has 5 heteroatoms. The van der Waals surface area contributed by atoms with E-state index < -0.39 is 0 Å². The Morgan fingerprint density at radius 2 is 1.74 bits per heavy atom. The molecule has 2 aromatic heterocycles. The number of rotatable bonds is 7. The third kappa shape index (κ3) is 4.50. The molecule has 0 saturated heterocycles. The molecule has 1 amide bonds. The van der Waals surface area contributed by atoms with Crippen molar-refractivity contribution in [2.45, 2.75) is 40.0 Å². The molecule has 0 radical (unpaired) electrons. The lowest BCUT2D eigenvalue weighted by atomic mass is 10.1. The largest absolute Gasteiger partial charge is 0.352 e. The van der Waals surface area contributed by atoms with Crippen molar-refractivity contribution in [1.29, 1.82) is 0 Å². The number of carbonyl (C=O) groups is 1. The van der Waals surface area contributed by atoms with Crippen LogP contribution in [0.2, 0.25) is 0 Å². The van der Waals surface area contributed by atoms with E-state index in [0.717, 1.165) is 47.4 Å². The summed E-state index contributed by atoms with van der Waals surface area (Å²) >= 11 is 0. The van der Waals surface area contributed by atoms with Gasteiger partial charge in [0, 0.05) is 12.2 Å². The van der Waals surface area contributed by atoms with Gasteiger partial charge in [-0.2, -0.15) is 5.10 Å². The monoisotopic (exact) mass is 412 g/mol. The van der Waals surface area contributed by atoms with Crippen molar-refractivity contribution in [3.05, 3.63) is 88.7 Å². The molecule has 0 atom stereocenters. The van der Waals surface area contributed by atoms with Crippen LogP contribution in [0.1, 0.15) is 46.2 Å². The smallest absolute Gasteiger partial charge is 0.252 e. The van der Waals surface area contributed by atoms with Crippen LogP contribution in [0.15, 0.2) is 60.7 Å². The lowest BCUT2D eigenvalue weighted by Crippen LogP contribution is -2.25. The molecule has 4 rings (SSSR count). The van der Waals surface area contributed by atoms with Crippen LogP contribution in [-0.4, -0.2) is 27.2 Å². The minimum atomic E-state index is -0.0763. The van der Waals surface area contributed by atoms with Crippen LogP contribution in [0.25, 0.3) is 16.7 Å². The van der Waals surface area contributed by atoms with Gasteiger partial charge < -0.3 is 5.32 Å².